The molecule has 178 valence electrons. The molecule has 1 aromatic carbocycles. The van der Waals surface area contributed by atoms with Crippen molar-refractivity contribution in [1.29, 1.82) is 0 Å². The summed E-state index contributed by atoms with van der Waals surface area (Å²) in [7, 11) is 1.32. The normalized spacial score (nSPS) is 35.5. The minimum Gasteiger partial charge on any atom is -0.505 e. The van der Waals surface area contributed by atoms with E-state index in [1.807, 2.05) is 0 Å². The number of methoxy groups -OCH3 is 1. The molecule has 1 aromatic rings. The third-order valence-electron chi connectivity index (χ3n) is 7.14. The summed E-state index contributed by atoms with van der Waals surface area (Å²) >= 11 is 0. The molecule has 6 N–H and O–H groups in total. The fraction of sp³-hybridized carbons (Fsp3) is 0.591. The molecule has 0 spiro atoms. The number of nitrogens with zero attached hydrogens (tertiary/aromatic N) is 1. The summed E-state index contributed by atoms with van der Waals surface area (Å²) in [6.45, 7) is 5.33. The lowest BCUT2D eigenvalue weighted by Crippen LogP contribution is -2.46. The number of hydrogen-bond donors (Lipinski definition) is 5. The summed E-state index contributed by atoms with van der Waals surface area (Å²) in [4.78, 5) is 37.8. The summed E-state index contributed by atoms with van der Waals surface area (Å²) in [6.07, 6.45) is -1.46. The highest BCUT2D eigenvalue weighted by Gasteiger charge is 2.92. The summed E-state index contributed by atoms with van der Waals surface area (Å²) in [6, 6.07) is 2.53. The summed E-state index contributed by atoms with van der Waals surface area (Å²) in [5, 5.41) is 34.3. The van der Waals surface area contributed by atoms with E-state index in [1.165, 1.54) is 19.2 Å². The van der Waals surface area contributed by atoms with E-state index in [1.54, 1.807) is 25.7 Å². The van der Waals surface area contributed by atoms with Crippen LogP contribution in [0.5, 0.6) is 11.5 Å². The van der Waals surface area contributed by atoms with Gasteiger partial charge in [-0.3, -0.25) is 14.5 Å². The molecule has 1 saturated heterocycles. The number of carbonyl (C=O) groups is 3. The van der Waals surface area contributed by atoms with E-state index in [0.717, 1.165) is 0 Å². The summed E-state index contributed by atoms with van der Waals surface area (Å²) < 4.78 is 10.3. The first-order chi connectivity index (χ1) is 15.3. The molecule has 1 aliphatic heterocycles. The predicted molar refractivity (Wildman–Crippen MR) is 112 cm³/mol. The molecule has 1 heterocycles. The number of likely N-dealkylation sites (tertiary alicyclic amines) is 1. The van der Waals surface area contributed by atoms with Crippen LogP contribution in [0.2, 0.25) is 0 Å². The van der Waals surface area contributed by atoms with Crippen molar-refractivity contribution in [2.24, 2.45) is 29.4 Å². The van der Waals surface area contributed by atoms with Crippen molar-refractivity contribution in [2.45, 2.75) is 50.2 Å². The quantitative estimate of drug-likeness (QED) is 0.291. The fourth-order valence-electron chi connectivity index (χ4n) is 5.31. The first-order valence-corrected chi connectivity index (χ1v) is 10.8. The number of phenols is 1. The van der Waals surface area contributed by atoms with Crippen molar-refractivity contribution in [3.8, 4) is 11.5 Å². The van der Waals surface area contributed by atoms with Gasteiger partial charge in [-0.05, 0) is 32.9 Å². The van der Waals surface area contributed by atoms with E-state index >= 15 is 0 Å². The maximum absolute atomic E-state index is 12.6. The standard InChI is InChI=1S/C22H27N3O8/c1-21(2,3)33-20(30)25-14-11(15(14)25)17(27)22(31)12-10(13(12)22)19(29)24-7-5-6-8(32-4)9(16(7)26)18(23)28/h5-6,10-15,17,26-27,31H,1-4H3,(H2,23,28)(H,24,29). The minimum atomic E-state index is -1.35. The average molecular weight is 461 g/mol. The van der Waals surface area contributed by atoms with Crippen molar-refractivity contribution in [3.63, 3.8) is 0 Å². The highest BCUT2D eigenvalue weighted by molar-refractivity contribution is 6.04. The smallest absolute Gasteiger partial charge is 0.410 e. The Labute approximate surface area is 189 Å². The van der Waals surface area contributed by atoms with Crippen LogP contribution in [0, 0.1) is 23.7 Å². The molecule has 4 aliphatic rings. The molecule has 3 aliphatic carbocycles. The van der Waals surface area contributed by atoms with E-state index in [-0.39, 0.29) is 35.0 Å². The number of anilines is 1. The first-order valence-electron chi connectivity index (χ1n) is 10.8. The number of amides is 3. The van der Waals surface area contributed by atoms with Gasteiger partial charge in [-0.25, -0.2) is 4.79 Å². The second-order valence-electron chi connectivity index (χ2n) is 10.2. The first kappa shape index (κ1) is 21.8. The number of aromatic hydroxyl groups is 1. The lowest BCUT2D eigenvalue weighted by molar-refractivity contribution is -0.125. The number of carbonyl (C=O) groups excluding carboxylic acids is 3. The molecule has 33 heavy (non-hydrogen) atoms. The molecule has 11 nitrogen and oxygen atoms in total. The van der Waals surface area contributed by atoms with Crippen molar-refractivity contribution < 1.29 is 39.2 Å². The average Bonchev–Trinajstić information content (AvgIpc) is 3.55. The van der Waals surface area contributed by atoms with Gasteiger partial charge in [0, 0.05) is 17.8 Å². The number of primary amides is 1. The van der Waals surface area contributed by atoms with Crippen molar-refractivity contribution in [1.82, 2.24) is 4.90 Å². The van der Waals surface area contributed by atoms with E-state index in [0.29, 0.717) is 0 Å². The molecule has 11 heteroatoms. The molecule has 0 radical (unpaired) electrons. The highest BCUT2D eigenvalue weighted by Crippen LogP contribution is 2.79. The Balaban J connectivity index is 1.16. The molecule has 4 fully saturated rings. The van der Waals surface area contributed by atoms with Crippen LogP contribution in [0.3, 0.4) is 0 Å². The van der Waals surface area contributed by atoms with Gasteiger partial charge >= 0.3 is 6.09 Å². The van der Waals surface area contributed by atoms with Crippen LogP contribution in [0.25, 0.3) is 0 Å². The minimum absolute atomic E-state index is 0.00132. The van der Waals surface area contributed by atoms with Gasteiger partial charge in [0.15, 0.2) is 5.75 Å². The molecule has 3 amide bonds. The number of fused-ring (bicyclic) bond motifs is 2. The van der Waals surface area contributed by atoms with Crippen molar-refractivity contribution in [2.75, 3.05) is 12.4 Å². The largest absolute Gasteiger partial charge is 0.505 e. The van der Waals surface area contributed by atoms with Crippen LogP contribution in [-0.2, 0) is 9.53 Å². The maximum Gasteiger partial charge on any atom is 0.410 e. The van der Waals surface area contributed by atoms with E-state index in [4.69, 9.17) is 15.2 Å². The third-order valence-corrected chi connectivity index (χ3v) is 7.14. The predicted octanol–water partition coefficient (Wildman–Crippen LogP) is 0.0237. The molecule has 5 rings (SSSR count). The van der Waals surface area contributed by atoms with Gasteiger partial charge in [-0.15, -0.1) is 0 Å². The van der Waals surface area contributed by atoms with Crippen LogP contribution < -0.4 is 15.8 Å². The monoisotopic (exact) mass is 461 g/mol. The molecule has 5 atom stereocenters. The Morgan fingerprint density at radius 3 is 2.33 bits per heavy atom. The zero-order valence-electron chi connectivity index (χ0n) is 18.6. The van der Waals surface area contributed by atoms with Gasteiger partial charge < -0.3 is 35.8 Å². The van der Waals surface area contributed by atoms with E-state index in [2.05, 4.69) is 5.32 Å². The van der Waals surface area contributed by atoms with Crippen LogP contribution in [0.15, 0.2) is 12.1 Å². The number of hydrogen-bond acceptors (Lipinski definition) is 8. The van der Waals surface area contributed by atoms with Gasteiger partial charge in [0.2, 0.25) is 5.91 Å². The molecule has 3 saturated carbocycles. The van der Waals surface area contributed by atoms with Crippen LogP contribution >= 0.6 is 0 Å². The van der Waals surface area contributed by atoms with Crippen molar-refractivity contribution in [3.05, 3.63) is 17.7 Å². The Hall–Kier alpha value is -3.05. The number of ether oxygens (including phenoxy) is 2. The number of nitrogens with two attached hydrogens (primary N) is 1. The maximum atomic E-state index is 12.6. The number of rotatable bonds is 6. The lowest BCUT2D eigenvalue weighted by atomic mass is 9.90. The van der Waals surface area contributed by atoms with Gasteiger partial charge in [-0.1, -0.05) is 0 Å². The molecular weight excluding hydrogens is 434 g/mol. The van der Waals surface area contributed by atoms with Gasteiger partial charge in [0.05, 0.1) is 42.5 Å². The SMILES string of the molecule is COc1ccc(NC(=O)C2C3C2C3(O)C(O)C2C3C2N3C(=O)OC(C)(C)C)c(O)c1C(N)=O. The Bertz CT molecular complexity index is 1060. The molecular formula is C22H27N3O8. The molecule has 5 unspecified atom stereocenters. The van der Waals surface area contributed by atoms with Crippen LogP contribution in [0.1, 0.15) is 31.1 Å². The number of nitrogens with one attached hydrogen (secondary N) is 1. The Morgan fingerprint density at radius 2 is 1.82 bits per heavy atom. The second-order valence-corrected chi connectivity index (χ2v) is 10.2. The Kier molecular flexibility index (Phi) is 4.29. The molecule has 0 bridgehead atoms. The number of aliphatic hydroxyl groups is 2. The topological polar surface area (TPSA) is 171 Å². The van der Waals surface area contributed by atoms with Gasteiger partial charge in [0.1, 0.15) is 16.9 Å². The lowest BCUT2D eigenvalue weighted by Gasteiger charge is -2.30. The zero-order chi connectivity index (χ0) is 24.2. The second kappa shape index (κ2) is 6.51. The summed E-state index contributed by atoms with van der Waals surface area (Å²) in [5.41, 5.74) is 3.09. The third kappa shape index (κ3) is 3.06. The van der Waals surface area contributed by atoms with Gasteiger partial charge in [0.25, 0.3) is 5.91 Å². The van der Waals surface area contributed by atoms with Crippen molar-refractivity contribution >= 4 is 23.6 Å². The van der Waals surface area contributed by atoms with Crippen LogP contribution in [-0.4, -0.2) is 74.6 Å². The van der Waals surface area contributed by atoms with E-state index in [9.17, 15) is 29.7 Å². The highest BCUT2D eigenvalue weighted by atomic mass is 16.6. The van der Waals surface area contributed by atoms with E-state index < -0.39 is 58.7 Å². The summed E-state index contributed by atoms with van der Waals surface area (Å²) in [5.74, 6) is -3.28. The fourth-order valence-corrected chi connectivity index (χ4v) is 5.31. The number of aliphatic hydroxyl groups excluding tert-OH is 1. The van der Waals surface area contributed by atoms with Crippen LogP contribution in [0.4, 0.5) is 10.5 Å². The Morgan fingerprint density at radius 1 is 1.21 bits per heavy atom. The number of benzene rings is 1. The molecule has 0 aromatic heterocycles. The van der Waals surface area contributed by atoms with Gasteiger partial charge in [-0.2, -0.15) is 0 Å². The zero-order valence-corrected chi connectivity index (χ0v) is 18.6.